The molecule has 0 aliphatic carbocycles. The van der Waals surface area contributed by atoms with Crippen molar-refractivity contribution in [1.29, 1.82) is 0 Å². The summed E-state index contributed by atoms with van der Waals surface area (Å²) in [6, 6.07) is 5.11. The summed E-state index contributed by atoms with van der Waals surface area (Å²) in [7, 11) is 0. The first-order chi connectivity index (χ1) is 13.9. The number of rotatable bonds is 4. The van der Waals surface area contributed by atoms with Crippen LogP contribution in [-0.2, 0) is 0 Å². The molecule has 0 radical (unpaired) electrons. The fraction of sp³-hybridized carbons (Fsp3) is 0.450. The van der Waals surface area contributed by atoms with Crippen LogP contribution < -0.4 is 10.1 Å². The molecule has 158 valence electrons. The fourth-order valence-electron chi connectivity index (χ4n) is 4.66. The number of hydrogen-bond acceptors (Lipinski definition) is 8. The largest absolute Gasteiger partial charge is 0.506 e. The second-order valence-corrected chi connectivity index (χ2v) is 8.56. The molecule has 0 unspecified atom stereocenters. The highest BCUT2D eigenvalue weighted by Gasteiger charge is 2.49. The van der Waals surface area contributed by atoms with Crippen LogP contribution in [0.3, 0.4) is 0 Å². The summed E-state index contributed by atoms with van der Waals surface area (Å²) in [5.74, 6) is 0.489. The van der Waals surface area contributed by atoms with E-state index in [9.17, 15) is 5.11 Å². The molecule has 2 bridgehead atoms. The Kier molecular flexibility index (Phi) is 5.11. The van der Waals surface area contributed by atoms with Gasteiger partial charge in [-0.15, -0.1) is 27.7 Å². The van der Waals surface area contributed by atoms with Gasteiger partial charge in [0.05, 0.1) is 24.3 Å². The van der Waals surface area contributed by atoms with E-state index in [-0.39, 0.29) is 35.3 Å². The third-order valence-corrected chi connectivity index (χ3v) is 5.90. The Balaban J connectivity index is 0.00000218. The molecule has 3 aromatic heterocycles. The lowest BCUT2D eigenvalue weighted by Crippen LogP contribution is -2.56. The number of aromatic hydroxyl groups is 1. The molecule has 30 heavy (non-hydrogen) atoms. The van der Waals surface area contributed by atoms with Gasteiger partial charge in [0.1, 0.15) is 23.2 Å². The Morgan fingerprint density at radius 3 is 2.53 bits per heavy atom. The number of pyridine rings is 1. The van der Waals surface area contributed by atoms with Crippen molar-refractivity contribution in [2.45, 2.75) is 56.7 Å². The van der Waals surface area contributed by atoms with Gasteiger partial charge >= 0.3 is 0 Å². The van der Waals surface area contributed by atoms with E-state index in [4.69, 9.17) is 4.74 Å². The Labute approximate surface area is 180 Å². The highest BCUT2D eigenvalue weighted by Crippen LogP contribution is 2.43. The summed E-state index contributed by atoms with van der Waals surface area (Å²) < 4.78 is 7.66. The van der Waals surface area contributed by atoms with Crippen molar-refractivity contribution in [1.82, 2.24) is 35.5 Å². The Morgan fingerprint density at radius 2 is 1.93 bits per heavy atom. The molecular weight excluding hydrogens is 406 g/mol. The minimum atomic E-state index is -0.00301. The van der Waals surface area contributed by atoms with Gasteiger partial charge in [-0.2, -0.15) is 0 Å². The van der Waals surface area contributed by atoms with Gasteiger partial charge in [-0.3, -0.25) is 0 Å². The monoisotopic (exact) mass is 429 g/mol. The molecular formula is C20H24ClN7O2. The lowest BCUT2D eigenvalue weighted by atomic mass is 9.86. The summed E-state index contributed by atoms with van der Waals surface area (Å²) >= 11 is 0. The lowest BCUT2D eigenvalue weighted by molar-refractivity contribution is 0.0754. The van der Waals surface area contributed by atoms with Crippen molar-refractivity contribution in [3.63, 3.8) is 0 Å². The first kappa shape index (κ1) is 20.5. The van der Waals surface area contributed by atoms with Crippen LogP contribution >= 0.6 is 12.4 Å². The third kappa shape index (κ3) is 3.82. The second kappa shape index (κ2) is 7.48. The van der Waals surface area contributed by atoms with E-state index >= 15 is 0 Å². The predicted molar refractivity (Wildman–Crippen MR) is 112 cm³/mol. The molecule has 10 heteroatoms. The van der Waals surface area contributed by atoms with Gasteiger partial charge in [-0.05, 0) is 32.8 Å². The Morgan fingerprint density at radius 1 is 1.17 bits per heavy atom. The van der Waals surface area contributed by atoms with E-state index in [1.807, 2.05) is 0 Å². The van der Waals surface area contributed by atoms with Crippen molar-refractivity contribution in [2.24, 2.45) is 0 Å². The van der Waals surface area contributed by atoms with Gasteiger partial charge in [0.15, 0.2) is 0 Å². The fourth-order valence-corrected chi connectivity index (χ4v) is 4.66. The van der Waals surface area contributed by atoms with Gasteiger partial charge in [0.2, 0.25) is 5.88 Å². The quantitative estimate of drug-likeness (QED) is 0.651. The van der Waals surface area contributed by atoms with Crippen LogP contribution in [0.1, 0.15) is 39.5 Å². The maximum atomic E-state index is 10.4. The molecule has 5 rings (SSSR count). The normalized spacial score (nSPS) is 27.5. The second-order valence-electron chi connectivity index (χ2n) is 8.56. The molecule has 5 heterocycles. The van der Waals surface area contributed by atoms with Gasteiger partial charge in [-0.1, -0.05) is 5.21 Å². The van der Waals surface area contributed by atoms with Crippen LogP contribution in [0.5, 0.6) is 11.6 Å². The van der Waals surface area contributed by atoms with Gasteiger partial charge in [0, 0.05) is 36.1 Å². The Hall–Kier alpha value is -2.78. The zero-order valence-electron chi connectivity index (χ0n) is 16.8. The summed E-state index contributed by atoms with van der Waals surface area (Å²) in [6.07, 6.45) is 9.20. The average Bonchev–Trinajstić information content (AvgIpc) is 3.28. The molecule has 0 aromatic carbocycles. The minimum absolute atomic E-state index is 0. The van der Waals surface area contributed by atoms with E-state index in [0.717, 1.165) is 12.8 Å². The SMILES string of the molecule is C[C@]12CC[C@](C)(C[C@@H](Oc3ccc(-c4ncc(-n5ccnn5)cc4O)nn3)C1)N2.Cl. The average molecular weight is 430 g/mol. The van der Waals surface area contributed by atoms with Crippen LogP contribution in [0.15, 0.2) is 36.8 Å². The number of ether oxygens (including phenoxy) is 1. The standard InChI is InChI=1S/C20H23N7O2.ClH/c1-19-5-6-20(2,25-19)11-14(10-19)29-17-4-3-15(23-24-17)18-16(28)9-13(12-21-18)27-8-7-22-26-27;/h3-4,7-9,12,14,25,28H,5-6,10-11H2,1-2H3;1H/t14-,19-,20+;. The summed E-state index contributed by atoms with van der Waals surface area (Å²) in [5.41, 5.74) is 1.70. The number of aromatic nitrogens is 6. The summed E-state index contributed by atoms with van der Waals surface area (Å²) in [5, 5.41) is 30.2. The smallest absolute Gasteiger partial charge is 0.233 e. The highest BCUT2D eigenvalue weighted by molar-refractivity contribution is 5.85. The predicted octanol–water partition coefficient (Wildman–Crippen LogP) is 2.69. The minimum Gasteiger partial charge on any atom is -0.506 e. The molecule has 2 N–H and O–H groups in total. The molecule has 2 saturated heterocycles. The molecule has 3 atom stereocenters. The van der Waals surface area contributed by atoms with E-state index in [2.05, 4.69) is 44.7 Å². The van der Waals surface area contributed by atoms with Crippen molar-refractivity contribution >= 4 is 12.4 Å². The van der Waals surface area contributed by atoms with Crippen LogP contribution in [0, 0.1) is 0 Å². The zero-order chi connectivity index (χ0) is 20.1. The number of halogens is 1. The molecule has 0 spiro atoms. The molecule has 2 aliphatic rings. The Bertz CT molecular complexity index is 1010. The van der Waals surface area contributed by atoms with Gasteiger partial charge < -0.3 is 15.2 Å². The van der Waals surface area contributed by atoms with E-state index in [1.165, 1.54) is 17.5 Å². The molecule has 2 fully saturated rings. The van der Waals surface area contributed by atoms with Crippen LogP contribution in [-0.4, -0.2) is 52.5 Å². The van der Waals surface area contributed by atoms with Crippen LogP contribution in [0.25, 0.3) is 17.1 Å². The van der Waals surface area contributed by atoms with Crippen molar-refractivity contribution < 1.29 is 9.84 Å². The molecule has 0 amide bonds. The maximum absolute atomic E-state index is 10.4. The summed E-state index contributed by atoms with van der Waals surface area (Å²) in [4.78, 5) is 4.31. The van der Waals surface area contributed by atoms with E-state index in [1.54, 1.807) is 36.8 Å². The lowest BCUT2D eigenvalue weighted by Gasteiger charge is -2.41. The molecule has 9 nitrogen and oxygen atoms in total. The van der Waals surface area contributed by atoms with Crippen molar-refractivity contribution in [3.05, 3.63) is 36.8 Å². The van der Waals surface area contributed by atoms with Gasteiger partial charge in [-0.25, -0.2) is 9.67 Å². The molecule has 0 saturated carbocycles. The first-order valence-electron chi connectivity index (χ1n) is 9.77. The molecule has 2 aliphatic heterocycles. The third-order valence-electron chi connectivity index (χ3n) is 5.90. The maximum Gasteiger partial charge on any atom is 0.233 e. The van der Waals surface area contributed by atoms with E-state index in [0.29, 0.717) is 23.0 Å². The summed E-state index contributed by atoms with van der Waals surface area (Å²) in [6.45, 7) is 4.53. The number of hydrogen-bond donors (Lipinski definition) is 2. The number of nitrogens with one attached hydrogen (secondary N) is 1. The van der Waals surface area contributed by atoms with Gasteiger partial charge in [0.25, 0.3) is 0 Å². The van der Waals surface area contributed by atoms with E-state index < -0.39 is 0 Å². The topological polar surface area (TPSA) is 111 Å². The van der Waals surface area contributed by atoms with Crippen LogP contribution in [0.4, 0.5) is 0 Å². The number of fused-ring (bicyclic) bond motifs is 2. The number of piperidine rings is 1. The zero-order valence-corrected chi connectivity index (χ0v) is 17.6. The van der Waals surface area contributed by atoms with Crippen molar-refractivity contribution in [2.75, 3.05) is 0 Å². The van der Waals surface area contributed by atoms with Crippen LogP contribution in [0.2, 0.25) is 0 Å². The molecule has 3 aromatic rings. The number of nitrogens with zero attached hydrogens (tertiary/aromatic N) is 6. The highest BCUT2D eigenvalue weighted by atomic mass is 35.5. The van der Waals surface area contributed by atoms with Crippen molar-refractivity contribution in [3.8, 4) is 28.7 Å². The first-order valence-corrected chi connectivity index (χ1v) is 9.77.